The fourth-order valence-corrected chi connectivity index (χ4v) is 6.93. The van der Waals surface area contributed by atoms with Gasteiger partial charge in [-0.1, -0.05) is 0 Å². The second-order valence-electron chi connectivity index (χ2n) is 11.7. The molecule has 0 atom stereocenters. The molecule has 16 nitrogen and oxygen atoms in total. The summed E-state index contributed by atoms with van der Waals surface area (Å²) < 4.78 is 150. The number of morpholine rings is 2. The fraction of sp³-hybridized carbons (Fsp3) is 0.400. The van der Waals surface area contributed by atoms with Gasteiger partial charge in [-0.2, -0.15) is 26.3 Å². The molecule has 2 aliphatic rings. The second-order valence-corrected chi connectivity index (χ2v) is 15.6. The maximum absolute atomic E-state index is 13.3. The Bertz CT molecular complexity index is 1990. The van der Waals surface area contributed by atoms with Crippen molar-refractivity contribution < 1.29 is 72.0 Å². The molecule has 2 heterocycles. The minimum absolute atomic E-state index is 0.00603. The van der Waals surface area contributed by atoms with E-state index in [0.29, 0.717) is 76.9 Å². The molecule has 0 saturated carbocycles. The Morgan fingerprint density at radius 1 is 0.593 bits per heavy atom. The zero-order valence-corrected chi connectivity index (χ0v) is 29.1. The third-order valence-corrected chi connectivity index (χ3v) is 11.1. The average molecular weight is 815 g/mol. The van der Waals surface area contributed by atoms with Gasteiger partial charge in [-0.15, -0.1) is 0 Å². The molecule has 54 heavy (non-hydrogen) atoms. The van der Waals surface area contributed by atoms with E-state index in [9.17, 15) is 63.4 Å². The van der Waals surface area contributed by atoms with Gasteiger partial charge in [-0.25, -0.2) is 16.8 Å². The number of sulfone groups is 2. The number of hydrogen-bond donors (Lipinski definition) is 0. The van der Waals surface area contributed by atoms with Crippen molar-refractivity contribution in [1.29, 1.82) is 0 Å². The average Bonchev–Trinajstić information content (AvgIpc) is 3.10. The maximum Gasteiger partial charge on any atom is 0.501 e. The van der Waals surface area contributed by atoms with Crippen LogP contribution < -0.4 is 9.47 Å². The van der Waals surface area contributed by atoms with Crippen LogP contribution in [-0.2, 0) is 42.2 Å². The Balaban J connectivity index is 1.65. The lowest BCUT2D eigenvalue weighted by atomic mass is 10.1. The van der Waals surface area contributed by atoms with Crippen molar-refractivity contribution in [2.75, 3.05) is 52.6 Å². The summed E-state index contributed by atoms with van der Waals surface area (Å²) in [6, 6.07) is 5.41. The van der Waals surface area contributed by atoms with Gasteiger partial charge in [0, 0.05) is 62.5 Å². The van der Waals surface area contributed by atoms with Crippen molar-refractivity contribution >= 4 is 31.0 Å². The smallest absolute Gasteiger partial charge is 0.450 e. The number of nitro groups is 2. The van der Waals surface area contributed by atoms with Crippen LogP contribution >= 0.6 is 0 Å². The lowest BCUT2D eigenvalue weighted by Gasteiger charge is -2.29. The highest BCUT2D eigenvalue weighted by Crippen LogP contribution is 2.43. The molecular weight excluding hydrogens is 786 g/mol. The van der Waals surface area contributed by atoms with Crippen LogP contribution in [0.3, 0.4) is 0 Å². The lowest BCUT2D eigenvalue weighted by Crippen LogP contribution is -2.36. The topological polar surface area (TPSA) is 198 Å². The zero-order chi connectivity index (χ0) is 39.6. The number of hydrogen-bond acceptors (Lipinski definition) is 14. The molecule has 0 spiro atoms. The van der Waals surface area contributed by atoms with Gasteiger partial charge in [0.05, 0.1) is 46.1 Å². The largest absolute Gasteiger partial charge is 0.501 e. The van der Waals surface area contributed by atoms with Crippen molar-refractivity contribution in [3.63, 3.8) is 0 Å². The van der Waals surface area contributed by atoms with E-state index in [2.05, 4.69) is 0 Å². The Labute approximate surface area is 301 Å². The summed E-state index contributed by atoms with van der Waals surface area (Å²) in [4.78, 5) is 22.6. The van der Waals surface area contributed by atoms with E-state index in [0.717, 1.165) is 0 Å². The Kier molecular flexibility index (Phi) is 11.7. The monoisotopic (exact) mass is 814 g/mol. The molecule has 0 N–H and O–H groups in total. The standard InChI is InChI=1S/C30H28F6N4O12S2/c31-29(32,33)53(45,46)21-1-3-25(23(15-21)39(41)42)51-27-13-20(18-38-7-11-50-12-8-38)28(14-19(27)17-37-5-9-49-10-6-37)52-26-4-2-22(16-24(26)40(43)44)54(47,48)30(34,35)36/h1-4,13-16H,5-12,17-18H2. The van der Waals surface area contributed by atoms with E-state index in [1.807, 2.05) is 9.80 Å². The van der Waals surface area contributed by atoms with E-state index in [4.69, 9.17) is 18.9 Å². The molecule has 3 aromatic carbocycles. The Morgan fingerprint density at radius 2 is 0.926 bits per heavy atom. The quantitative estimate of drug-likeness (QED) is 0.129. The third-order valence-electron chi connectivity index (χ3n) is 8.16. The number of ether oxygens (including phenoxy) is 4. The molecule has 24 heteroatoms. The summed E-state index contributed by atoms with van der Waals surface area (Å²) in [5, 5.41) is 24.0. The highest BCUT2D eigenvalue weighted by molar-refractivity contribution is 7.92. The minimum Gasteiger partial charge on any atom is -0.450 e. The molecule has 0 unspecified atom stereocenters. The van der Waals surface area contributed by atoms with E-state index >= 15 is 0 Å². The normalized spacial score (nSPS) is 16.6. The highest BCUT2D eigenvalue weighted by Gasteiger charge is 2.48. The molecule has 0 amide bonds. The molecule has 0 aliphatic carbocycles. The number of nitro benzene ring substituents is 2. The number of halogens is 6. The van der Waals surface area contributed by atoms with Crippen molar-refractivity contribution in [1.82, 2.24) is 9.80 Å². The van der Waals surface area contributed by atoms with Crippen LogP contribution in [-0.4, -0.2) is 100 Å². The predicted molar refractivity (Wildman–Crippen MR) is 171 cm³/mol. The van der Waals surface area contributed by atoms with Crippen LogP contribution in [0.25, 0.3) is 0 Å². The molecule has 0 radical (unpaired) electrons. The van der Waals surface area contributed by atoms with Crippen molar-refractivity contribution in [3.05, 3.63) is 79.9 Å². The van der Waals surface area contributed by atoms with Crippen molar-refractivity contribution in [2.45, 2.75) is 33.9 Å². The minimum atomic E-state index is -5.98. The van der Waals surface area contributed by atoms with E-state index in [1.165, 1.54) is 12.1 Å². The third kappa shape index (κ3) is 8.84. The first-order chi connectivity index (χ1) is 25.2. The van der Waals surface area contributed by atoms with E-state index in [-0.39, 0.29) is 47.8 Å². The van der Waals surface area contributed by atoms with Crippen LogP contribution in [0.2, 0.25) is 0 Å². The molecule has 294 valence electrons. The number of benzene rings is 3. The van der Waals surface area contributed by atoms with Crippen LogP contribution in [0.5, 0.6) is 23.0 Å². The van der Waals surface area contributed by atoms with Gasteiger partial charge in [-0.05, 0) is 36.4 Å². The SMILES string of the molecule is O=[N+]([O-])c1cc(S(=O)(=O)C(F)(F)F)ccc1Oc1cc(CN2CCOCC2)c(Oc2ccc(S(=O)(=O)C(F)(F)F)cc2[N+](=O)[O-])cc1CN1CCOCC1. The first kappa shape index (κ1) is 40.6. The first-order valence-corrected chi connectivity index (χ1v) is 18.5. The van der Waals surface area contributed by atoms with Crippen molar-refractivity contribution in [2.24, 2.45) is 0 Å². The summed E-state index contributed by atoms with van der Waals surface area (Å²) in [7, 11) is -12.0. The number of nitrogens with zero attached hydrogens (tertiary/aromatic N) is 4. The molecule has 0 aromatic heterocycles. The molecule has 5 rings (SSSR count). The number of alkyl halides is 6. The summed E-state index contributed by atoms with van der Waals surface area (Å²) in [5.41, 5.74) is -13.4. The van der Waals surface area contributed by atoms with Crippen LogP contribution in [0.15, 0.2) is 58.3 Å². The van der Waals surface area contributed by atoms with Gasteiger partial charge in [0.25, 0.3) is 19.7 Å². The Hall–Kier alpha value is -4.62. The zero-order valence-electron chi connectivity index (χ0n) is 27.5. The van der Waals surface area contributed by atoms with Crippen LogP contribution in [0, 0.1) is 20.2 Å². The van der Waals surface area contributed by atoms with Gasteiger partial charge in [-0.3, -0.25) is 30.0 Å². The first-order valence-electron chi connectivity index (χ1n) is 15.5. The maximum atomic E-state index is 13.3. The lowest BCUT2D eigenvalue weighted by molar-refractivity contribution is -0.386. The molecule has 0 bridgehead atoms. The van der Waals surface area contributed by atoms with Crippen LogP contribution in [0.1, 0.15) is 11.1 Å². The summed E-state index contributed by atoms with van der Waals surface area (Å²) >= 11 is 0. The van der Waals surface area contributed by atoms with E-state index in [1.54, 1.807) is 0 Å². The van der Waals surface area contributed by atoms with Gasteiger partial charge in [0.1, 0.15) is 11.5 Å². The molecule has 3 aromatic rings. The summed E-state index contributed by atoms with van der Waals surface area (Å²) in [5.74, 6) is -1.53. The van der Waals surface area contributed by atoms with E-state index < -0.39 is 73.2 Å². The number of rotatable bonds is 12. The molecular formula is C30H28F6N4O12S2. The summed E-state index contributed by atoms with van der Waals surface area (Å²) in [6.45, 7) is 2.70. The molecule has 2 aliphatic heterocycles. The predicted octanol–water partition coefficient (Wildman–Crippen LogP) is 5.34. The molecule has 2 saturated heterocycles. The van der Waals surface area contributed by atoms with Gasteiger partial charge in [0.15, 0.2) is 0 Å². The van der Waals surface area contributed by atoms with Gasteiger partial charge >= 0.3 is 22.4 Å². The van der Waals surface area contributed by atoms with Gasteiger partial charge < -0.3 is 18.9 Å². The highest BCUT2D eigenvalue weighted by atomic mass is 32.2. The molecule has 2 fully saturated rings. The fourth-order valence-electron chi connectivity index (χ4n) is 5.37. The van der Waals surface area contributed by atoms with Gasteiger partial charge in [0.2, 0.25) is 11.5 Å². The second kappa shape index (κ2) is 15.6. The van der Waals surface area contributed by atoms with Crippen molar-refractivity contribution in [3.8, 4) is 23.0 Å². The Morgan fingerprint density at radius 3 is 1.22 bits per heavy atom. The summed E-state index contributed by atoms with van der Waals surface area (Å²) in [6.07, 6.45) is 0. The van der Waals surface area contributed by atoms with Crippen LogP contribution in [0.4, 0.5) is 37.7 Å².